The van der Waals surface area contributed by atoms with Gasteiger partial charge in [-0.25, -0.2) is 0 Å². The van der Waals surface area contributed by atoms with E-state index in [9.17, 15) is 9.59 Å². The first-order valence-corrected chi connectivity index (χ1v) is 9.67. The van der Waals surface area contributed by atoms with Crippen molar-refractivity contribution in [1.29, 1.82) is 0 Å². The van der Waals surface area contributed by atoms with Crippen LogP contribution in [0, 0.1) is 0 Å². The van der Waals surface area contributed by atoms with Gasteiger partial charge in [0.2, 0.25) is 0 Å². The monoisotopic (exact) mass is 356 g/mol. The quantitative estimate of drug-likeness (QED) is 0.157. The lowest BCUT2D eigenvalue weighted by atomic mass is 10.0. The summed E-state index contributed by atoms with van der Waals surface area (Å²) in [5, 5.41) is 3.55. The van der Waals surface area contributed by atoms with Crippen LogP contribution in [-0.2, 0) is 0 Å². The first-order valence-electron chi connectivity index (χ1n) is 9.67. The van der Waals surface area contributed by atoms with E-state index in [0.717, 1.165) is 19.3 Å². The Bertz CT molecular complexity index is 695. The van der Waals surface area contributed by atoms with E-state index in [1.807, 2.05) is 6.92 Å². The summed E-state index contributed by atoms with van der Waals surface area (Å²) in [6.07, 6.45) is 10.6. The van der Waals surface area contributed by atoms with E-state index < -0.39 is 0 Å². The van der Waals surface area contributed by atoms with Gasteiger partial charge >= 0.3 is 0 Å². The van der Waals surface area contributed by atoms with Gasteiger partial charge in [-0.15, -0.1) is 0 Å². The van der Waals surface area contributed by atoms with Gasteiger partial charge in [-0.3, -0.25) is 14.5 Å². The molecule has 1 aromatic carbocycles. The van der Waals surface area contributed by atoms with Gasteiger partial charge in [0, 0.05) is 11.0 Å². The van der Waals surface area contributed by atoms with E-state index in [2.05, 4.69) is 16.9 Å². The average Bonchev–Trinajstić information content (AvgIpc) is 2.89. The topological polar surface area (TPSA) is 86.1 Å². The molecule has 1 aliphatic rings. The van der Waals surface area contributed by atoms with Crippen LogP contribution in [-0.4, -0.2) is 22.8 Å². The molecule has 0 aliphatic carbocycles. The third-order valence-corrected chi connectivity index (χ3v) is 4.99. The molecule has 6 heteroatoms. The fraction of sp³-hybridized carbons (Fsp3) is 0.600. The highest BCUT2D eigenvalue weighted by Crippen LogP contribution is 2.33. The Kier molecular flexibility index (Phi) is 7.67. The number of unbranched alkanes of at least 4 members (excludes halogenated alkanes) is 7. The Morgan fingerprint density at radius 2 is 1.69 bits per heavy atom. The van der Waals surface area contributed by atoms with E-state index in [4.69, 9.17) is 5.53 Å². The van der Waals surface area contributed by atoms with Gasteiger partial charge in [0.1, 0.15) is 0 Å². The second-order valence-electron chi connectivity index (χ2n) is 6.98. The van der Waals surface area contributed by atoms with Crippen LogP contribution in [0.2, 0.25) is 0 Å². The second kappa shape index (κ2) is 9.97. The Morgan fingerprint density at radius 1 is 1.04 bits per heavy atom. The molecule has 0 saturated carbocycles. The Balaban J connectivity index is 1.87. The predicted molar refractivity (Wildman–Crippen MR) is 102 cm³/mol. The molecule has 0 radical (unpaired) electrons. The minimum Gasteiger partial charge on any atom is -0.271 e. The summed E-state index contributed by atoms with van der Waals surface area (Å²) in [7, 11) is 0. The van der Waals surface area contributed by atoms with Gasteiger partial charge < -0.3 is 0 Å². The highest BCUT2D eigenvalue weighted by Gasteiger charge is 2.39. The number of imide groups is 1. The average molecular weight is 356 g/mol. The first-order chi connectivity index (χ1) is 12.6. The highest BCUT2D eigenvalue weighted by molar-refractivity contribution is 6.23. The van der Waals surface area contributed by atoms with Gasteiger partial charge in [-0.05, 0) is 24.9 Å². The smallest absolute Gasteiger partial charge is 0.262 e. The van der Waals surface area contributed by atoms with Gasteiger partial charge in [-0.1, -0.05) is 75.5 Å². The number of rotatable bonds is 11. The lowest BCUT2D eigenvalue weighted by Crippen LogP contribution is -2.37. The standard InChI is InChI=1S/C20H28N4O2/c1-3-4-5-6-7-8-9-10-12-15(2)24-19(25)16-13-11-14-17(22-23-21)18(16)20(24)26/h11,13-15H,3-10,12H2,1-2H3. The van der Waals surface area contributed by atoms with Crippen LogP contribution in [0.1, 0.15) is 92.4 Å². The Morgan fingerprint density at radius 3 is 2.35 bits per heavy atom. The van der Waals surface area contributed by atoms with E-state index in [-0.39, 0.29) is 29.1 Å². The summed E-state index contributed by atoms with van der Waals surface area (Å²) < 4.78 is 0. The third-order valence-electron chi connectivity index (χ3n) is 4.99. The van der Waals surface area contributed by atoms with E-state index in [1.165, 1.54) is 43.4 Å². The number of benzene rings is 1. The fourth-order valence-electron chi connectivity index (χ4n) is 3.52. The zero-order valence-corrected chi connectivity index (χ0v) is 15.8. The third kappa shape index (κ3) is 4.64. The number of nitrogens with zero attached hydrogens (tertiary/aromatic N) is 4. The first kappa shape index (κ1) is 20.0. The maximum atomic E-state index is 12.7. The summed E-state index contributed by atoms with van der Waals surface area (Å²) in [6.45, 7) is 4.13. The second-order valence-corrected chi connectivity index (χ2v) is 6.98. The molecule has 0 bridgehead atoms. The molecule has 1 aromatic rings. The minimum absolute atomic E-state index is 0.151. The van der Waals surface area contributed by atoms with E-state index in [1.54, 1.807) is 18.2 Å². The molecule has 1 heterocycles. The SMILES string of the molecule is CCCCCCCCCCC(C)N1C(=O)c2cccc(N=[N+]=[N-])c2C1=O. The molecule has 0 fully saturated rings. The van der Waals surface area contributed by atoms with Crippen molar-refractivity contribution in [3.8, 4) is 0 Å². The summed E-state index contributed by atoms with van der Waals surface area (Å²) in [6, 6.07) is 4.67. The van der Waals surface area contributed by atoms with Crippen LogP contribution in [0.4, 0.5) is 5.69 Å². The largest absolute Gasteiger partial charge is 0.271 e. The van der Waals surface area contributed by atoms with Gasteiger partial charge in [0.25, 0.3) is 11.8 Å². The lowest BCUT2D eigenvalue weighted by molar-refractivity contribution is 0.0588. The molecule has 0 N–H and O–H groups in total. The van der Waals surface area contributed by atoms with Crippen molar-refractivity contribution >= 4 is 17.5 Å². The zero-order valence-electron chi connectivity index (χ0n) is 15.8. The molecule has 2 amide bonds. The number of carbonyl (C=O) groups is 2. The summed E-state index contributed by atoms with van der Waals surface area (Å²) in [5.41, 5.74) is 9.46. The van der Waals surface area contributed by atoms with Gasteiger partial charge in [0.05, 0.1) is 16.8 Å². The van der Waals surface area contributed by atoms with Crippen molar-refractivity contribution in [1.82, 2.24) is 4.90 Å². The van der Waals surface area contributed by atoms with E-state index in [0.29, 0.717) is 5.56 Å². The zero-order chi connectivity index (χ0) is 18.9. The van der Waals surface area contributed by atoms with Crippen LogP contribution in [0.25, 0.3) is 10.4 Å². The van der Waals surface area contributed by atoms with Gasteiger partial charge in [-0.2, -0.15) is 0 Å². The number of hydrogen-bond donors (Lipinski definition) is 0. The van der Waals surface area contributed by atoms with Crippen LogP contribution in [0.15, 0.2) is 23.3 Å². The van der Waals surface area contributed by atoms with Crippen molar-refractivity contribution in [3.05, 3.63) is 39.8 Å². The number of hydrogen-bond acceptors (Lipinski definition) is 3. The summed E-state index contributed by atoms with van der Waals surface area (Å²) >= 11 is 0. The van der Waals surface area contributed by atoms with Gasteiger partial charge in [0.15, 0.2) is 0 Å². The van der Waals surface area contributed by atoms with Crippen LogP contribution >= 0.6 is 0 Å². The number of fused-ring (bicyclic) bond motifs is 1. The molecule has 1 unspecified atom stereocenters. The van der Waals surface area contributed by atoms with Crippen molar-refractivity contribution < 1.29 is 9.59 Å². The molecule has 1 atom stereocenters. The molecule has 0 spiro atoms. The number of amides is 2. The highest BCUT2D eigenvalue weighted by atomic mass is 16.2. The summed E-state index contributed by atoms with van der Waals surface area (Å²) in [5.74, 6) is -0.632. The van der Waals surface area contributed by atoms with E-state index >= 15 is 0 Å². The normalized spacial score (nSPS) is 14.3. The molecule has 6 nitrogen and oxygen atoms in total. The molecule has 140 valence electrons. The van der Waals surface area contributed by atoms with Crippen molar-refractivity contribution in [3.63, 3.8) is 0 Å². The molecule has 2 rings (SSSR count). The Hall–Kier alpha value is -2.33. The molecule has 26 heavy (non-hydrogen) atoms. The minimum atomic E-state index is -0.347. The Labute approximate surface area is 155 Å². The number of carbonyl (C=O) groups excluding carboxylic acids is 2. The van der Waals surface area contributed by atoms with Crippen LogP contribution in [0.5, 0.6) is 0 Å². The summed E-state index contributed by atoms with van der Waals surface area (Å²) in [4.78, 5) is 29.4. The maximum absolute atomic E-state index is 12.7. The van der Waals surface area contributed by atoms with Crippen LogP contribution < -0.4 is 0 Å². The van der Waals surface area contributed by atoms with Crippen molar-refractivity contribution in [2.24, 2.45) is 5.11 Å². The lowest BCUT2D eigenvalue weighted by Gasteiger charge is -2.22. The van der Waals surface area contributed by atoms with Crippen LogP contribution in [0.3, 0.4) is 0 Å². The molecule has 0 saturated heterocycles. The molecule has 1 aliphatic heterocycles. The molecular formula is C20H28N4O2. The van der Waals surface area contributed by atoms with Crippen molar-refractivity contribution in [2.75, 3.05) is 0 Å². The predicted octanol–water partition coefficient (Wildman–Crippen LogP) is 6.14. The van der Waals surface area contributed by atoms with Crippen molar-refractivity contribution in [2.45, 2.75) is 77.7 Å². The molecular weight excluding hydrogens is 328 g/mol. The number of azide groups is 1. The maximum Gasteiger partial charge on any atom is 0.262 e. The molecule has 0 aromatic heterocycles. The fourth-order valence-corrected chi connectivity index (χ4v) is 3.52.